The van der Waals surface area contributed by atoms with E-state index in [9.17, 15) is 120 Å². The van der Waals surface area contributed by atoms with E-state index >= 15 is 0 Å². The molecule has 0 fully saturated rings. The van der Waals surface area contributed by atoms with Gasteiger partial charge in [-0.2, -0.15) is 13.9 Å². The number of esters is 16. The van der Waals surface area contributed by atoms with Gasteiger partial charge < -0.3 is 95.9 Å². The van der Waals surface area contributed by atoms with Gasteiger partial charge in [-0.25, -0.2) is 115 Å². The second-order valence-electron chi connectivity index (χ2n) is 30.1. The average molecular weight is 2110 g/mol. The summed E-state index contributed by atoms with van der Waals surface area (Å²) in [5.41, 5.74) is 0.681. The summed E-state index contributed by atoms with van der Waals surface area (Å²) in [5, 5.41) is 19.8. The van der Waals surface area contributed by atoms with E-state index in [4.69, 9.17) is 90.9 Å². The minimum absolute atomic E-state index is 0. The second kappa shape index (κ2) is 59.2. The molecule has 4 heterocycles. The number of methoxy groups -OCH3 is 2. The zero-order valence-corrected chi connectivity index (χ0v) is 84.6. The third-order valence-electron chi connectivity index (χ3n) is 18.3. The number of carbonyl (C=O) groups is 18. The Morgan fingerprint density at radius 1 is 0.374 bits per heavy atom. The molecule has 1 amide bonds. The smallest absolute Gasteiger partial charge is 0.381 e. The molecule has 0 spiro atoms. The molecule has 52 nitrogen and oxygen atoms in total. The normalized spacial score (nSPS) is 17.6. The standard InChI is InChI=1S/C40H59N3O22S3.C28H40O19.C12H21N3O5S3.CH4/c1-12-15-30(44)58-21(4)33(46)60-23(6)35(48)62-25(8)37(50)64-27(10)39(52)65-26(9)38(51)63-24(7)36(49)61-22(5)34(47)59-20(3)32(45)42-67(53,54)31-18-28-29(41-13-2)19-43(16-14-17-57-11)68(55,56)40(28)66-31;1-10-11-20(29)39-12(2)21(30)40-13(3)22(31)41-14(4)23(32)42-15(5)24(33)43-16(6)25(34)44-17(7)26(35)45-18(8)27(36)46-19(9)28(37)47-38;1-3-14-10-8-15(5-4-6-20-2)23(18,19)12-9(10)7-11(21-12)22(13,16)17;/h18,20-27,29,41H,12-17,19H2,1-11H3,(H,42,45);12-19,38H,10-11H2,1-9H3;7,10,14H,3-6,8H2,1-2H3,(H2,13,16,17);1H4/t20-,21-,22-,23-,24-,25-,26-,27-,29-;12-,13+,14+,15+,16+,17+,18+,19+;10-;/m000./s1. The van der Waals surface area contributed by atoms with E-state index < -0.39 is 255 Å². The summed E-state index contributed by atoms with van der Waals surface area (Å²) < 4.78 is 194. The van der Waals surface area contributed by atoms with Gasteiger partial charge >= 0.3 is 101 Å². The predicted molar refractivity (Wildman–Crippen MR) is 473 cm³/mol. The van der Waals surface area contributed by atoms with E-state index in [-0.39, 0.29) is 64.1 Å². The number of nitrogens with two attached hydrogens (primary N) is 1. The molecule has 0 aromatic carbocycles. The Balaban J connectivity index is 0.00000117. The Morgan fingerprint density at radius 2 is 0.590 bits per heavy atom. The molecule has 18 atom stereocenters. The number of nitrogens with one attached hydrogen (secondary N) is 3. The average Bonchev–Trinajstić information content (AvgIpc) is 1.61. The summed E-state index contributed by atoms with van der Waals surface area (Å²) in [6.07, 6.45) is -23.4. The molecule has 139 heavy (non-hydrogen) atoms. The van der Waals surface area contributed by atoms with Crippen molar-refractivity contribution in [2.75, 3.05) is 66.7 Å². The first-order valence-electron chi connectivity index (χ1n) is 42.5. The number of carbonyl (C=O) groups excluding carboxylic acids is 18. The molecule has 0 saturated heterocycles. The van der Waals surface area contributed by atoms with Gasteiger partial charge in [0.2, 0.25) is 10.0 Å². The molecule has 0 bridgehead atoms. The Labute approximate surface area is 811 Å². The van der Waals surface area contributed by atoms with E-state index in [0.29, 0.717) is 86.8 Å². The number of amides is 1. The SMILES string of the molecule is C.CCCC(=O)O[C@@H](C)C(=O)O[C@@H](C)C(=O)O[C@@H](C)C(=O)O[C@@H](C)C(=O)O[C@@H](C)C(=O)O[C@@H](C)C(=O)O[C@@H](C)C(=O)O[C@@H](C)C(=O)NS(=O)(=O)c1cc2c(s1)S(=O)(=O)N(CCCOC)C[C@@H]2NCC.CCCC(=O)O[C@@H](C)C(=O)O[C@H](C)C(=O)O[C@H](C)C(=O)O[C@H](C)C(=O)O[C@H](C)C(=O)O[C@H](C)C(=O)O[C@H](C)C(=O)O[C@H](C)C(=O)OO.CCN[C@H]1CN(CCCOC)S(=O)(=O)c2sc(S(N)(=O)=O)cc21. The van der Waals surface area contributed by atoms with Gasteiger partial charge in [0, 0.05) is 89.7 Å². The molecule has 0 saturated carbocycles. The molecule has 2 aromatic rings. The van der Waals surface area contributed by atoms with Gasteiger partial charge in [0.25, 0.3) is 36.0 Å². The van der Waals surface area contributed by atoms with Crippen LogP contribution < -0.4 is 20.5 Å². The molecule has 58 heteroatoms. The van der Waals surface area contributed by atoms with Gasteiger partial charge in [0.1, 0.15) is 16.8 Å². The molecular formula is C81H124N6O46S6. The van der Waals surface area contributed by atoms with Crippen LogP contribution in [0.15, 0.2) is 29.0 Å². The summed E-state index contributed by atoms with van der Waals surface area (Å²) in [5.74, 6) is -20.8. The van der Waals surface area contributed by atoms with Gasteiger partial charge in [-0.3, -0.25) is 19.3 Å². The Morgan fingerprint density at radius 3 is 0.806 bits per heavy atom. The van der Waals surface area contributed by atoms with Crippen molar-refractivity contribution in [3.05, 3.63) is 23.3 Å². The summed E-state index contributed by atoms with van der Waals surface area (Å²) in [7, 11) is -13.4. The molecule has 2 aliphatic heterocycles. The number of hydrogen-bond acceptors (Lipinski definition) is 50. The lowest BCUT2D eigenvalue weighted by Gasteiger charge is -2.32. The van der Waals surface area contributed by atoms with Gasteiger partial charge in [0.15, 0.2) is 97.7 Å². The molecule has 4 rings (SSSR count). The zero-order valence-electron chi connectivity index (χ0n) is 79.7. The van der Waals surface area contributed by atoms with Crippen molar-refractivity contribution in [3.63, 3.8) is 0 Å². The summed E-state index contributed by atoms with van der Waals surface area (Å²) in [4.78, 5) is 224. The van der Waals surface area contributed by atoms with Crippen LogP contribution in [-0.4, -0.2) is 319 Å². The lowest BCUT2D eigenvalue weighted by Crippen LogP contribution is -2.43. The first-order chi connectivity index (χ1) is 64.1. The summed E-state index contributed by atoms with van der Waals surface area (Å²) in [6.45, 7) is 27.3. The van der Waals surface area contributed by atoms with Crippen LogP contribution in [0.1, 0.15) is 208 Å². The quantitative estimate of drug-likeness (QED) is 0.0206. The zero-order chi connectivity index (χ0) is 106. The van der Waals surface area contributed by atoms with E-state index in [0.717, 1.165) is 103 Å². The van der Waals surface area contributed by atoms with Gasteiger partial charge in [0.05, 0.1) is 0 Å². The number of sulfonamides is 4. The molecular weight excluding hydrogens is 1990 g/mol. The summed E-state index contributed by atoms with van der Waals surface area (Å²) >= 11 is 1.15. The molecule has 790 valence electrons. The lowest BCUT2D eigenvalue weighted by molar-refractivity contribution is -0.244. The summed E-state index contributed by atoms with van der Waals surface area (Å²) in [6, 6.07) is 1.71. The maximum absolute atomic E-state index is 13.4. The van der Waals surface area contributed by atoms with Crippen molar-refractivity contribution in [2.24, 2.45) is 5.14 Å². The minimum Gasteiger partial charge on any atom is -0.451 e. The highest BCUT2D eigenvalue weighted by Crippen LogP contribution is 2.42. The van der Waals surface area contributed by atoms with Crippen molar-refractivity contribution in [3.8, 4) is 0 Å². The van der Waals surface area contributed by atoms with E-state index in [1.807, 2.05) is 6.92 Å². The van der Waals surface area contributed by atoms with Crippen LogP contribution in [0.25, 0.3) is 0 Å². The molecule has 0 radical (unpaired) electrons. The lowest BCUT2D eigenvalue weighted by atomic mass is 10.1. The fraction of sp³-hybridized carbons (Fsp3) is 0.679. The molecule has 2 aromatic heterocycles. The number of primary sulfonamides is 1. The topological polar surface area (TPSA) is 708 Å². The van der Waals surface area contributed by atoms with E-state index in [1.165, 1.54) is 35.6 Å². The molecule has 0 aliphatic carbocycles. The predicted octanol–water partition coefficient (Wildman–Crippen LogP) is 1.48. The maximum Gasteiger partial charge on any atom is 0.381 e. The highest BCUT2D eigenvalue weighted by atomic mass is 32.3. The van der Waals surface area contributed by atoms with E-state index in [2.05, 4.69) is 20.3 Å². The van der Waals surface area contributed by atoms with Crippen molar-refractivity contribution in [2.45, 2.75) is 311 Å². The monoisotopic (exact) mass is 2110 g/mol. The number of rotatable bonds is 51. The van der Waals surface area contributed by atoms with E-state index in [1.54, 1.807) is 32.6 Å². The van der Waals surface area contributed by atoms with Gasteiger partial charge in [-0.05, 0) is 162 Å². The Hall–Kier alpha value is -10.7. The van der Waals surface area contributed by atoms with Crippen LogP contribution in [0.5, 0.6) is 0 Å². The minimum atomic E-state index is -4.70. The number of thiophene rings is 2. The van der Waals surface area contributed by atoms with Gasteiger partial charge in [-0.15, -0.1) is 22.7 Å². The first kappa shape index (κ1) is 126. The number of ether oxygens (including phenoxy) is 18. The van der Waals surface area contributed by atoms with Crippen LogP contribution in [-0.2, 0) is 217 Å². The van der Waals surface area contributed by atoms with Crippen molar-refractivity contribution in [1.82, 2.24) is 24.0 Å². The Bertz CT molecular complexity index is 5080. The highest BCUT2D eigenvalue weighted by Gasteiger charge is 2.44. The van der Waals surface area contributed by atoms with Crippen molar-refractivity contribution in [1.29, 1.82) is 0 Å². The van der Waals surface area contributed by atoms with Crippen molar-refractivity contribution < 1.29 is 215 Å². The number of likely N-dealkylation sites (N-methyl/N-ethyl adjacent to an activating group) is 2. The number of nitrogens with zero attached hydrogens (tertiary/aromatic N) is 2. The second-order valence-corrected chi connectivity index (χ2v) is 40.1. The Kier molecular flexibility index (Phi) is 53.8. The van der Waals surface area contributed by atoms with Crippen molar-refractivity contribution >= 4 is 170 Å². The highest BCUT2D eigenvalue weighted by molar-refractivity contribution is 7.94. The van der Waals surface area contributed by atoms with Crippen LogP contribution >= 0.6 is 22.7 Å². The number of hydrogen-bond donors (Lipinski definition) is 5. The number of fused-ring (bicyclic) bond motifs is 2. The fourth-order valence-corrected chi connectivity index (χ4v) is 20.0. The largest absolute Gasteiger partial charge is 0.451 e. The van der Waals surface area contributed by atoms with Crippen LogP contribution in [0.3, 0.4) is 0 Å². The molecule has 0 unspecified atom stereocenters. The van der Waals surface area contributed by atoms with Crippen LogP contribution in [0.2, 0.25) is 0 Å². The van der Waals surface area contributed by atoms with Crippen LogP contribution in [0, 0.1) is 0 Å². The molecule has 2 aliphatic rings. The fourth-order valence-electron chi connectivity index (χ4n) is 10.8. The van der Waals surface area contributed by atoms with Crippen LogP contribution in [0.4, 0.5) is 0 Å². The first-order valence-corrected chi connectivity index (χ1v) is 50.0. The third-order valence-corrected chi connectivity index (χ3v) is 28.7. The van der Waals surface area contributed by atoms with Gasteiger partial charge in [-0.1, -0.05) is 35.1 Å². The molecule has 6 N–H and O–H groups in total. The maximum atomic E-state index is 13.4. The third kappa shape index (κ3) is 40.5.